The Kier molecular flexibility index (Phi) is 5.86. The van der Waals surface area contributed by atoms with Crippen LogP contribution in [0.25, 0.3) is 0 Å². The summed E-state index contributed by atoms with van der Waals surface area (Å²) in [6.45, 7) is 4.68. The molecule has 1 atom stereocenters. The van der Waals surface area contributed by atoms with Crippen molar-refractivity contribution in [1.29, 1.82) is 0 Å². The molecule has 1 aliphatic rings. The number of thiazole rings is 1. The molecule has 30 heavy (non-hydrogen) atoms. The van der Waals surface area contributed by atoms with E-state index in [1.54, 1.807) is 0 Å². The Morgan fingerprint density at radius 2 is 1.90 bits per heavy atom. The Morgan fingerprint density at radius 3 is 2.60 bits per heavy atom. The van der Waals surface area contributed by atoms with Gasteiger partial charge >= 0.3 is 0 Å². The number of sulfonamides is 1. The maximum atomic E-state index is 13.2. The van der Waals surface area contributed by atoms with Gasteiger partial charge in [0.2, 0.25) is 10.0 Å². The number of piperidine rings is 1. The summed E-state index contributed by atoms with van der Waals surface area (Å²) < 4.78 is 40.7. The van der Waals surface area contributed by atoms with Crippen LogP contribution < -0.4 is 5.32 Å². The van der Waals surface area contributed by atoms with Crippen molar-refractivity contribution in [2.24, 2.45) is 0 Å². The number of nitrogens with one attached hydrogen (secondary N) is 1. The van der Waals surface area contributed by atoms with Crippen LogP contribution in [-0.2, 0) is 10.0 Å². The summed E-state index contributed by atoms with van der Waals surface area (Å²) in [5.74, 6) is -0.461. The van der Waals surface area contributed by atoms with Gasteiger partial charge in [-0.1, -0.05) is 0 Å². The maximum Gasteiger partial charge on any atom is 0.243 e. The highest BCUT2D eigenvalue weighted by Gasteiger charge is 2.31. The number of nitrogens with zero attached hydrogens (tertiary/aromatic N) is 3. The fraction of sp³-hybridized carbons (Fsp3) is 0.333. The third kappa shape index (κ3) is 4.53. The molecule has 2 aromatic heterocycles. The molecule has 3 heterocycles. The third-order valence-corrected chi connectivity index (χ3v) is 7.85. The second-order valence-corrected chi connectivity index (χ2v) is 10.3. The van der Waals surface area contributed by atoms with Crippen molar-refractivity contribution in [1.82, 2.24) is 14.3 Å². The molecule has 0 bridgehead atoms. The van der Waals surface area contributed by atoms with E-state index in [0.29, 0.717) is 13.1 Å². The Balaban J connectivity index is 1.56. The van der Waals surface area contributed by atoms with Crippen LogP contribution in [0.1, 0.15) is 35.8 Å². The monoisotopic (exact) mass is 446 g/mol. The van der Waals surface area contributed by atoms with Crippen molar-refractivity contribution in [3.8, 4) is 0 Å². The summed E-state index contributed by atoms with van der Waals surface area (Å²) >= 11 is 1.54. The Hall–Kier alpha value is -2.36. The van der Waals surface area contributed by atoms with Gasteiger partial charge in [-0.25, -0.2) is 17.8 Å². The third-order valence-electron chi connectivity index (χ3n) is 5.10. The molecule has 0 radical (unpaired) electrons. The molecule has 1 N–H and O–H groups in total. The minimum Gasteiger partial charge on any atom is -0.331 e. The predicted molar refractivity (Wildman–Crippen MR) is 116 cm³/mol. The first-order chi connectivity index (χ1) is 14.3. The molecule has 158 valence electrons. The number of aryl methyl sites for hydroxylation is 2. The Morgan fingerprint density at radius 1 is 1.13 bits per heavy atom. The van der Waals surface area contributed by atoms with Crippen LogP contribution in [0.4, 0.5) is 15.2 Å². The summed E-state index contributed by atoms with van der Waals surface area (Å²) in [7, 11) is -3.67. The lowest BCUT2D eigenvalue weighted by molar-refractivity contribution is 0.312. The van der Waals surface area contributed by atoms with Gasteiger partial charge in [0.25, 0.3) is 0 Å². The summed E-state index contributed by atoms with van der Waals surface area (Å²) in [5, 5.41) is 6.11. The number of halogens is 1. The molecule has 3 aromatic rings. The topological polar surface area (TPSA) is 75.2 Å². The average molecular weight is 447 g/mol. The van der Waals surface area contributed by atoms with E-state index in [-0.39, 0.29) is 10.8 Å². The predicted octanol–water partition coefficient (Wildman–Crippen LogP) is 4.61. The molecule has 1 saturated heterocycles. The number of pyridine rings is 1. The van der Waals surface area contributed by atoms with Crippen LogP contribution in [0, 0.1) is 19.7 Å². The first kappa shape index (κ1) is 20.9. The zero-order valence-electron chi connectivity index (χ0n) is 16.8. The van der Waals surface area contributed by atoms with Gasteiger partial charge in [-0.3, -0.25) is 4.98 Å². The lowest BCUT2D eigenvalue weighted by Gasteiger charge is -2.32. The van der Waals surface area contributed by atoms with E-state index in [9.17, 15) is 12.8 Å². The maximum absolute atomic E-state index is 13.2. The normalized spacial score (nSPS) is 17.8. The highest BCUT2D eigenvalue weighted by Crippen LogP contribution is 2.31. The van der Waals surface area contributed by atoms with Crippen LogP contribution in [0.2, 0.25) is 0 Å². The van der Waals surface area contributed by atoms with E-state index in [0.717, 1.165) is 40.7 Å². The van der Waals surface area contributed by atoms with Crippen molar-refractivity contribution < 1.29 is 12.8 Å². The molecule has 4 rings (SSSR count). The number of hydrogen-bond acceptors (Lipinski definition) is 6. The molecule has 9 heteroatoms. The second-order valence-electron chi connectivity index (χ2n) is 7.50. The number of hydrogen-bond donors (Lipinski definition) is 1. The molecule has 6 nitrogen and oxygen atoms in total. The summed E-state index contributed by atoms with van der Waals surface area (Å²) in [4.78, 5) is 9.23. The molecule has 0 amide bonds. The van der Waals surface area contributed by atoms with Crippen molar-refractivity contribution in [3.63, 3.8) is 0 Å². The van der Waals surface area contributed by atoms with E-state index in [1.165, 1.54) is 39.9 Å². The SMILES string of the molecule is Cc1cc(Nc2nc(C)cs2)cc([C@@H]2CCCN(S(=O)(=O)c3ccc(F)cc3)C2)n1. The van der Waals surface area contributed by atoms with E-state index in [1.807, 2.05) is 31.4 Å². The smallest absolute Gasteiger partial charge is 0.243 e. The number of anilines is 2. The van der Waals surface area contributed by atoms with E-state index < -0.39 is 15.8 Å². The molecular formula is C21H23FN4O2S2. The lowest BCUT2D eigenvalue weighted by Crippen LogP contribution is -2.39. The summed E-state index contributed by atoms with van der Waals surface area (Å²) in [5.41, 5.74) is 3.58. The fourth-order valence-corrected chi connectivity index (χ4v) is 5.90. The van der Waals surface area contributed by atoms with Gasteiger partial charge in [0.05, 0.1) is 10.6 Å². The van der Waals surface area contributed by atoms with Crippen LogP contribution in [0.5, 0.6) is 0 Å². The first-order valence-electron chi connectivity index (χ1n) is 9.75. The van der Waals surface area contributed by atoms with Gasteiger partial charge in [0.15, 0.2) is 5.13 Å². The zero-order valence-corrected chi connectivity index (χ0v) is 18.4. The Labute approximate surface area is 179 Å². The first-order valence-corrected chi connectivity index (χ1v) is 12.1. The number of aromatic nitrogens is 2. The van der Waals surface area contributed by atoms with Gasteiger partial charge in [-0.15, -0.1) is 11.3 Å². The molecular weight excluding hydrogens is 423 g/mol. The average Bonchev–Trinajstić information content (AvgIpc) is 3.12. The van der Waals surface area contributed by atoms with Gasteiger partial charge < -0.3 is 5.32 Å². The summed E-state index contributed by atoms with van der Waals surface area (Å²) in [6, 6.07) is 8.91. The quantitative estimate of drug-likeness (QED) is 0.620. The van der Waals surface area contributed by atoms with E-state index in [2.05, 4.69) is 15.3 Å². The Bertz CT molecular complexity index is 1150. The van der Waals surface area contributed by atoms with E-state index in [4.69, 9.17) is 0 Å². The van der Waals surface area contributed by atoms with Gasteiger partial charge in [-0.2, -0.15) is 4.31 Å². The van der Waals surface area contributed by atoms with Crippen molar-refractivity contribution in [2.75, 3.05) is 18.4 Å². The molecule has 1 aromatic carbocycles. The lowest BCUT2D eigenvalue weighted by atomic mass is 9.95. The van der Waals surface area contributed by atoms with Crippen molar-refractivity contribution in [2.45, 2.75) is 37.5 Å². The molecule has 0 saturated carbocycles. The fourth-order valence-electron chi connectivity index (χ4n) is 3.67. The second kappa shape index (κ2) is 8.41. The molecule has 0 unspecified atom stereocenters. The van der Waals surface area contributed by atoms with Crippen molar-refractivity contribution in [3.05, 3.63) is 64.7 Å². The standard InChI is InChI=1S/C21H23FN4O2S2/c1-14-10-18(25-21-24-15(2)13-29-21)11-20(23-14)16-4-3-9-26(12-16)30(27,28)19-7-5-17(22)6-8-19/h5-8,10-11,13,16H,3-4,9,12H2,1-2H3,(H,23,24,25)/t16-/m1/s1. The minimum absolute atomic E-state index is 0.00699. The zero-order chi connectivity index (χ0) is 21.3. The number of rotatable bonds is 5. The van der Waals surface area contributed by atoms with Gasteiger partial charge in [0, 0.05) is 41.5 Å². The molecule has 1 fully saturated rings. The van der Waals surface area contributed by atoms with Gasteiger partial charge in [0.1, 0.15) is 5.82 Å². The van der Waals surface area contributed by atoms with Crippen LogP contribution >= 0.6 is 11.3 Å². The van der Waals surface area contributed by atoms with Gasteiger partial charge in [-0.05, 0) is 63.1 Å². The van der Waals surface area contributed by atoms with E-state index >= 15 is 0 Å². The van der Waals surface area contributed by atoms with Crippen molar-refractivity contribution >= 4 is 32.2 Å². The largest absolute Gasteiger partial charge is 0.331 e. The van der Waals surface area contributed by atoms with Crippen LogP contribution in [0.15, 0.2) is 46.7 Å². The highest BCUT2D eigenvalue weighted by atomic mass is 32.2. The van der Waals surface area contributed by atoms with Crippen LogP contribution in [0.3, 0.4) is 0 Å². The highest BCUT2D eigenvalue weighted by molar-refractivity contribution is 7.89. The minimum atomic E-state index is -3.67. The number of benzene rings is 1. The molecule has 0 spiro atoms. The summed E-state index contributed by atoms with van der Waals surface area (Å²) in [6.07, 6.45) is 1.61. The molecule has 1 aliphatic heterocycles. The molecule has 0 aliphatic carbocycles. The van der Waals surface area contributed by atoms with Crippen LogP contribution in [-0.4, -0.2) is 35.8 Å².